The fourth-order valence-corrected chi connectivity index (χ4v) is 2.99. The second kappa shape index (κ2) is 5.31. The van der Waals surface area contributed by atoms with Gasteiger partial charge in [0.2, 0.25) is 0 Å². The third-order valence-electron chi connectivity index (χ3n) is 3.98. The van der Waals surface area contributed by atoms with Crippen molar-refractivity contribution in [2.75, 3.05) is 13.1 Å². The summed E-state index contributed by atoms with van der Waals surface area (Å²) in [6.07, 6.45) is 0.658. The molecule has 1 heterocycles. The van der Waals surface area contributed by atoms with E-state index in [2.05, 4.69) is 4.90 Å². The van der Waals surface area contributed by atoms with E-state index >= 15 is 0 Å². The highest BCUT2D eigenvalue weighted by molar-refractivity contribution is 6.33. The van der Waals surface area contributed by atoms with Crippen LogP contribution in [0.3, 0.4) is 0 Å². The molecule has 1 fully saturated rings. The van der Waals surface area contributed by atoms with Gasteiger partial charge in [-0.15, -0.1) is 0 Å². The van der Waals surface area contributed by atoms with Crippen LogP contribution >= 0.6 is 23.2 Å². The number of nitrogens with zero attached hydrogens (tertiary/aromatic N) is 1. The molecule has 19 heavy (non-hydrogen) atoms. The van der Waals surface area contributed by atoms with E-state index in [1.807, 2.05) is 13.0 Å². The number of hydrogen-bond donors (Lipinski definition) is 1. The third-order valence-corrected chi connectivity index (χ3v) is 4.55. The Bertz CT molecular complexity index is 506. The summed E-state index contributed by atoms with van der Waals surface area (Å²) in [6.45, 7) is 5.12. The van der Waals surface area contributed by atoms with E-state index in [1.54, 1.807) is 19.1 Å². The first kappa shape index (κ1) is 14.6. The molecule has 1 aliphatic rings. The van der Waals surface area contributed by atoms with Crippen molar-refractivity contribution >= 4 is 29.2 Å². The van der Waals surface area contributed by atoms with Gasteiger partial charge in [0.1, 0.15) is 0 Å². The lowest BCUT2D eigenvalue weighted by molar-refractivity contribution is -0.147. The van der Waals surface area contributed by atoms with Crippen LogP contribution in [0, 0.1) is 5.41 Å². The zero-order chi connectivity index (χ0) is 14.2. The first-order valence-electron chi connectivity index (χ1n) is 6.26. The minimum atomic E-state index is -0.737. The summed E-state index contributed by atoms with van der Waals surface area (Å²) < 4.78 is 0. The number of carboxylic acid groups (broad SMARTS) is 1. The molecule has 1 aromatic carbocycles. The van der Waals surface area contributed by atoms with Gasteiger partial charge in [-0.05, 0) is 50.6 Å². The minimum Gasteiger partial charge on any atom is -0.481 e. The summed E-state index contributed by atoms with van der Waals surface area (Å²) in [5.41, 5.74) is 0.281. The molecule has 1 aliphatic heterocycles. The number of carbonyl (C=O) groups is 1. The standard InChI is InChI=1S/C14H17Cl2NO2/c1-9(11-7-10(15)3-4-12(11)16)17-6-5-14(2,8-17)13(18)19/h3-4,7,9H,5-6,8H2,1-2H3,(H,18,19). The Morgan fingerprint density at radius 3 is 2.74 bits per heavy atom. The molecule has 0 radical (unpaired) electrons. The van der Waals surface area contributed by atoms with Gasteiger partial charge in [-0.2, -0.15) is 0 Å². The van der Waals surface area contributed by atoms with Gasteiger partial charge in [-0.25, -0.2) is 0 Å². The van der Waals surface area contributed by atoms with Gasteiger partial charge in [0.15, 0.2) is 0 Å². The zero-order valence-corrected chi connectivity index (χ0v) is 12.5. The van der Waals surface area contributed by atoms with Gasteiger partial charge in [0.25, 0.3) is 0 Å². The van der Waals surface area contributed by atoms with Crippen molar-refractivity contribution in [2.24, 2.45) is 5.41 Å². The topological polar surface area (TPSA) is 40.5 Å². The van der Waals surface area contributed by atoms with E-state index in [-0.39, 0.29) is 6.04 Å². The molecule has 0 saturated carbocycles. The van der Waals surface area contributed by atoms with Crippen molar-refractivity contribution in [2.45, 2.75) is 26.3 Å². The summed E-state index contributed by atoms with van der Waals surface area (Å²) in [5.74, 6) is -0.737. The molecule has 0 spiro atoms. The van der Waals surface area contributed by atoms with Crippen molar-refractivity contribution in [3.05, 3.63) is 33.8 Å². The Kier molecular flexibility index (Phi) is 4.09. The molecule has 3 nitrogen and oxygen atoms in total. The smallest absolute Gasteiger partial charge is 0.310 e. The predicted octanol–water partition coefficient (Wildman–Crippen LogP) is 3.85. The Balaban J connectivity index is 2.20. The van der Waals surface area contributed by atoms with Crippen molar-refractivity contribution in [1.29, 1.82) is 0 Å². The second-order valence-corrected chi connectivity index (χ2v) is 6.27. The fraction of sp³-hybridized carbons (Fsp3) is 0.500. The van der Waals surface area contributed by atoms with Gasteiger partial charge >= 0.3 is 5.97 Å². The van der Waals surface area contributed by atoms with Crippen LogP contribution in [0.4, 0.5) is 0 Å². The van der Waals surface area contributed by atoms with E-state index in [1.165, 1.54) is 0 Å². The molecule has 2 unspecified atom stereocenters. The molecule has 1 aromatic rings. The van der Waals surface area contributed by atoms with Crippen LogP contribution in [-0.2, 0) is 4.79 Å². The van der Waals surface area contributed by atoms with E-state index in [9.17, 15) is 9.90 Å². The minimum absolute atomic E-state index is 0.0624. The van der Waals surface area contributed by atoms with E-state index in [0.29, 0.717) is 23.0 Å². The molecule has 0 bridgehead atoms. The Morgan fingerprint density at radius 2 is 2.16 bits per heavy atom. The summed E-state index contributed by atoms with van der Waals surface area (Å²) in [4.78, 5) is 13.4. The number of carboxylic acids is 1. The lowest BCUT2D eigenvalue weighted by Gasteiger charge is -2.27. The average molecular weight is 302 g/mol. The molecular weight excluding hydrogens is 285 g/mol. The summed E-state index contributed by atoms with van der Waals surface area (Å²) >= 11 is 12.2. The first-order chi connectivity index (χ1) is 8.83. The molecule has 1 N–H and O–H groups in total. The van der Waals surface area contributed by atoms with E-state index in [4.69, 9.17) is 23.2 Å². The number of rotatable bonds is 3. The molecule has 1 saturated heterocycles. The zero-order valence-electron chi connectivity index (χ0n) is 11.0. The fourth-order valence-electron chi connectivity index (χ4n) is 2.53. The lowest BCUT2D eigenvalue weighted by Crippen LogP contribution is -2.33. The molecule has 5 heteroatoms. The maximum Gasteiger partial charge on any atom is 0.310 e. The highest BCUT2D eigenvalue weighted by Crippen LogP contribution is 2.37. The monoisotopic (exact) mass is 301 g/mol. The average Bonchev–Trinajstić information content (AvgIpc) is 2.76. The molecule has 0 amide bonds. The van der Waals surface area contributed by atoms with Crippen LogP contribution in [0.15, 0.2) is 18.2 Å². The number of benzene rings is 1. The van der Waals surface area contributed by atoms with Crippen molar-refractivity contribution in [3.63, 3.8) is 0 Å². The Morgan fingerprint density at radius 1 is 1.47 bits per heavy atom. The number of halogens is 2. The van der Waals surface area contributed by atoms with Gasteiger partial charge < -0.3 is 5.11 Å². The maximum atomic E-state index is 11.3. The van der Waals surface area contributed by atoms with Gasteiger partial charge in [0, 0.05) is 22.6 Å². The van der Waals surface area contributed by atoms with Crippen LogP contribution in [0.25, 0.3) is 0 Å². The van der Waals surface area contributed by atoms with Crippen molar-refractivity contribution in [3.8, 4) is 0 Å². The van der Waals surface area contributed by atoms with Gasteiger partial charge in [-0.1, -0.05) is 23.2 Å². The van der Waals surface area contributed by atoms with Crippen LogP contribution in [0.2, 0.25) is 10.0 Å². The van der Waals surface area contributed by atoms with Crippen LogP contribution in [-0.4, -0.2) is 29.1 Å². The predicted molar refractivity (Wildman–Crippen MR) is 76.8 cm³/mol. The highest BCUT2D eigenvalue weighted by Gasteiger charge is 2.42. The SMILES string of the molecule is CC(c1cc(Cl)ccc1Cl)N1CCC(C)(C(=O)O)C1. The number of likely N-dealkylation sites (tertiary alicyclic amines) is 1. The number of hydrogen-bond acceptors (Lipinski definition) is 2. The molecule has 2 atom stereocenters. The van der Waals surface area contributed by atoms with E-state index in [0.717, 1.165) is 12.1 Å². The summed E-state index contributed by atoms with van der Waals surface area (Å²) in [5, 5.41) is 10.6. The maximum absolute atomic E-state index is 11.3. The summed E-state index contributed by atoms with van der Waals surface area (Å²) in [6, 6.07) is 5.45. The normalized spacial score (nSPS) is 25.5. The molecular formula is C14H17Cl2NO2. The lowest BCUT2D eigenvalue weighted by atomic mass is 9.90. The Labute approximate surface area is 123 Å². The molecule has 0 aromatic heterocycles. The highest BCUT2D eigenvalue weighted by atomic mass is 35.5. The van der Waals surface area contributed by atoms with Crippen LogP contribution < -0.4 is 0 Å². The largest absolute Gasteiger partial charge is 0.481 e. The molecule has 104 valence electrons. The number of aliphatic carboxylic acids is 1. The van der Waals surface area contributed by atoms with Crippen LogP contribution in [0.1, 0.15) is 31.9 Å². The molecule has 2 rings (SSSR count). The first-order valence-corrected chi connectivity index (χ1v) is 7.01. The Hall–Kier alpha value is -0.770. The quantitative estimate of drug-likeness (QED) is 0.922. The van der Waals surface area contributed by atoms with Crippen molar-refractivity contribution in [1.82, 2.24) is 4.90 Å². The second-order valence-electron chi connectivity index (χ2n) is 5.43. The van der Waals surface area contributed by atoms with Crippen LogP contribution in [0.5, 0.6) is 0 Å². The van der Waals surface area contributed by atoms with Gasteiger partial charge in [0.05, 0.1) is 5.41 Å². The summed E-state index contributed by atoms with van der Waals surface area (Å²) in [7, 11) is 0. The third kappa shape index (κ3) is 2.88. The van der Waals surface area contributed by atoms with Gasteiger partial charge in [-0.3, -0.25) is 9.69 Å². The molecule has 0 aliphatic carbocycles. The van der Waals surface area contributed by atoms with Crippen molar-refractivity contribution < 1.29 is 9.90 Å². The van der Waals surface area contributed by atoms with E-state index < -0.39 is 11.4 Å².